The molecule has 0 radical (unpaired) electrons. The summed E-state index contributed by atoms with van der Waals surface area (Å²) in [5, 5.41) is 0. The van der Waals surface area contributed by atoms with Gasteiger partial charge >= 0.3 is 5.97 Å². The Balaban J connectivity index is 1.48. The average molecular weight is 487 g/mol. The van der Waals surface area contributed by atoms with Crippen LogP contribution in [-0.4, -0.2) is 56.2 Å². The zero-order chi connectivity index (χ0) is 24.9. The summed E-state index contributed by atoms with van der Waals surface area (Å²) in [4.78, 5) is 31.2. The lowest BCUT2D eigenvalue weighted by molar-refractivity contribution is -0.148. The number of fused-ring (bicyclic) bond motifs is 1. The second kappa shape index (κ2) is 8.77. The van der Waals surface area contributed by atoms with Crippen molar-refractivity contribution in [2.75, 3.05) is 32.2 Å². The van der Waals surface area contributed by atoms with Gasteiger partial charge < -0.3 is 14.4 Å². The molecule has 3 aliphatic heterocycles. The zero-order valence-corrected chi connectivity index (χ0v) is 21.1. The molecule has 0 bridgehead atoms. The van der Waals surface area contributed by atoms with E-state index in [1.165, 1.54) is 12.7 Å². The molecule has 4 aliphatic rings. The van der Waals surface area contributed by atoms with Gasteiger partial charge in [-0.2, -0.15) is 0 Å². The lowest BCUT2D eigenvalue weighted by Crippen LogP contribution is -2.65. The van der Waals surface area contributed by atoms with Crippen LogP contribution in [0.3, 0.4) is 0 Å². The van der Waals surface area contributed by atoms with Crippen molar-refractivity contribution >= 4 is 23.6 Å². The summed E-state index contributed by atoms with van der Waals surface area (Å²) < 4.78 is 11.0. The van der Waals surface area contributed by atoms with Gasteiger partial charge in [-0.15, -0.1) is 0 Å². The number of hydrogen-bond acceptors (Lipinski definition) is 5. The fraction of sp³-hybridized carbons (Fsp3) is 0.467. The third-order valence-electron chi connectivity index (χ3n) is 9.33. The molecule has 2 aromatic rings. The molecule has 36 heavy (non-hydrogen) atoms. The first-order valence-electron chi connectivity index (χ1n) is 13.1. The van der Waals surface area contributed by atoms with Gasteiger partial charge in [0.1, 0.15) is 5.75 Å². The van der Waals surface area contributed by atoms with Crippen LogP contribution in [0.4, 0.5) is 5.69 Å². The van der Waals surface area contributed by atoms with Crippen LogP contribution in [0.1, 0.15) is 49.7 Å². The molecule has 3 heterocycles. The Morgan fingerprint density at radius 2 is 1.86 bits per heavy atom. The van der Waals surface area contributed by atoms with Crippen LogP contribution in [0.2, 0.25) is 0 Å². The number of hydrogen-bond donors (Lipinski definition) is 0. The average Bonchev–Trinajstić information content (AvgIpc) is 3.45. The highest BCUT2D eigenvalue weighted by atomic mass is 16.5. The maximum atomic E-state index is 13.9. The summed E-state index contributed by atoms with van der Waals surface area (Å²) >= 11 is 0. The van der Waals surface area contributed by atoms with Crippen LogP contribution < -0.4 is 9.64 Å². The third kappa shape index (κ3) is 3.27. The number of methoxy groups -OCH3 is 2. The van der Waals surface area contributed by atoms with E-state index in [1.807, 2.05) is 47.4 Å². The molecule has 6 rings (SSSR count). The SMILES string of the molecule is COC(=O)C[C@@]12CCCN3CC[C@]4(c5cccc(OC)c5N(C(=O)C=Cc5ccccc5)[C@@H]4CC1)[C@H]32. The molecule has 1 amide bonds. The highest BCUT2D eigenvalue weighted by Crippen LogP contribution is 2.66. The molecule has 0 N–H and O–H groups in total. The van der Waals surface area contributed by atoms with Crippen molar-refractivity contribution in [2.24, 2.45) is 5.41 Å². The van der Waals surface area contributed by atoms with Gasteiger partial charge in [0, 0.05) is 23.6 Å². The van der Waals surface area contributed by atoms with Gasteiger partial charge in [0.2, 0.25) is 0 Å². The Morgan fingerprint density at radius 1 is 1.03 bits per heavy atom. The lowest BCUT2D eigenvalue weighted by atomic mass is 9.52. The van der Waals surface area contributed by atoms with Crippen LogP contribution >= 0.6 is 0 Å². The molecule has 1 aliphatic carbocycles. The van der Waals surface area contributed by atoms with Crippen LogP contribution in [0.25, 0.3) is 6.08 Å². The number of ether oxygens (including phenoxy) is 2. The minimum absolute atomic E-state index is 0.0128. The largest absolute Gasteiger partial charge is 0.495 e. The van der Waals surface area contributed by atoms with Gasteiger partial charge in [-0.25, -0.2) is 0 Å². The predicted octanol–water partition coefficient (Wildman–Crippen LogP) is 4.57. The molecule has 3 fully saturated rings. The molecule has 4 atom stereocenters. The van der Waals surface area contributed by atoms with E-state index in [9.17, 15) is 9.59 Å². The number of piperidine rings is 1. The fourth-order valence-corrected chi connectivity index (χ4v) is 8.15. The van der Waals surface area contributed by atoms with E-state index in [4.69, 9.17) is 9.47 Å². The van der Waals surface area contributed by atoms with Crippen molar-refractivity contribution in [1.82, 2.24) is 4.90 Å². The van der Waals surface area contributed by atoms with E-state index in [0.29, 0.717) is 6.42 Å². The number of carbonyl (C=O) groups excluding carboxylic acids is 2. The summed E-state index contributed by atoms with van der Waals surface area (Å²) in [6, 6.07) is 16.4. The lowest BCUT2D eigenvalue weighted by Gasteiger charge is -2.58. The Morgan fingerprint density at radius 3 is 2.64 bits per heavy atom. The molecule has 1 saturated carbocycles. The van der Waals surface area contributed by atoms with Gasteiger partial charge in [0.05, 0.1) is 26.3 Å². The maximum absolute atomic E-state index is 13.9. The topological polar surface area (TPSA) is 59.1 Å². The Hall–Kier alpha value is -3.12. The molecule has 2 saturated heterocycles. The molecular weight excluding hydrogens is 452 g/mol. The summed E-state index contributed by atoms with van der Waals surface area (Å²) in [6.07, 6.45) is 8.93. The monoisotopic (exact) mass is 486 g/mol. The molecule has 0 aromatic heterocycles. The van der Waals surface area contributed by atoms with Crippen molar-refractivity contribution < 1.29 is 19.1 Å². The normalized spacial score (nSPS) is 30.6. The molecule has 6 heteroatoms. The number of esters is 1. The highest BCUT2D eigenvalue weighted by Gasteiger charge is 2.69. The van der Waals surface area contributed by atoms with E-state index in [2.05, 4.69) is 17.0 Å². The van der Waals surface area contributed by atoms with Crippen molar-refractivity contribution in [2.45, 2.75) is 56.0 Å². The van der Waals surface area contributed by atoms with Gasteiger partial charge in [0.15, 0.2) is 0 Å². The number of para-hydroxylation sites is 1. The predicted molar refractivity (Wildman–Crippen MR) is 139 cm³/mol. The molecular formula is C30H34N2O4. The van der Waals surface area contributed by atoms with Crippen molar-refractivity contribution in [1.29, 1.82) is 0 Å². The molecule has 6 nitrogen and oxygen atoms in total. The highest BCUT2D eigenvalue weighted by molar-refractivity contribution is 6.07. The first-order valence-corrected chi connectivity index (χ1v) is 13.1. The van der Waals surface area contributed by atoms with Crippen LogP contribution in [0.5, 0.6) is 5.75 Å². The summed E-state index contributed by atoms with van der Waals surface area (Å²) in [5.41, 5.74) is 2.77. The van der Waals surface area contributed by atoms with Crippen molar-refractivity contribution in [3.8, 4) is 5.75 Å². The standard InChI is InChI=1S/C30H34N2O4/c1-35-23-11-6-10-22-27(23)32(25(33)13-12-21-8-4-3-5-9-21)24-14-16-29(20-26(34)36-2)15-7-18-31-19-17-30(22,24)28(29)31/h3-6,8-13,24,28H,7,14-20H2,1-2H3/t24-,28-,29-,30-/m1/s1. The van der Waals surface area contributed by atoms with Gasteiger partial charge in [-0.05, 0) is 73.9 Å². The van der Waals surface area contributed by atoms with Gasteiger partial charge in [-0.1, -0.05) is 42.5 Å². The van der Waals surface area contributed by atoms with Crippen LogP contribution in [0.15, 0.2) is 54.6 Å². The zero-order valence-electron chi connectivity index (χ0n) is 21.1. The first kappa shape index (κ1) is 23.3. The van der Waals surface area contributed by atoms with Crippen molar-refractivity contribution in [3.63, 3.8) is 0 Å². The number of nitrogens with zero attached hydrogens (tertiary/aromatic N) is 2. The Labute approximate surface area is 212 Å². The van der Waals surface area contributed by atoms with E-state index < -0.39 is 0 Å². The fourth-order valence-electron chi connectivity index (χ4n) is 8.15. The van der Waals surface area contributed by atoms with Crippen LogP contribution in [-0.2, 0) is 19.7 Å². The third-order valence-corrected chi connectivity index (χ3v) is 9.33. The second-order valence-electron chi connectivity index (χ2n) is 10.8. The quantitative estimate of drug-likeness (QED) is 0.458. The molecule has 2 aromatic carbocycles. The number of anilines is 1. The number of benzene rings is 2. The van der Waals surface area contributed by atoms with Crippen LogP contribution in [0, 0.1) is 5.41 Å². The first-order chi connectivity index (χ1) is 17.5. The number of carbonyl (C=O) groups is 2. The molecule has 1 spiro atoms. The minimum Gasteiger partial charge on any atom is -0.495 e. The Bertz CT molecular complexity index is 1210. The summed E-state index contributed by atoms with van der Waals surface area (Å²) in [5.74, 6) is 0.603. The van der Waals surface area contributed by atoms with E-state index in [-0.39, 0.29) is 34.8 Å². The molecule has 0 unspecified atom stereocenters. The minimum atomic E-state index is -0.215. The van der Waals surface area contributed by atoms with E-state index in [0.717, 1.165) is 62.2 Å². The summed E-state index contributed by atoms with van der Waals surface area (Å²) in [7, 11) is 3.17. The summed E-state index contributed by atoms with van der Waals surface area (Å²) in [6.45, 7) is 2.03. The van der Waals surface area contributed by atoms with E-state index in [1.54, 1.807) is 13.2 Å². The second-order valence-corrected chi connectivity index (χ2v) is 10.8. The number of rotatable bonds is 5. The number of amides is 1. The van der Waals surface area contributed by atoms with Gasteiger partial charge in [-0.3, -0.25) is 14.5 Å². The van der Waals surface area contributed by atoms with Crippen molar-refractivity contribution in [3.05, 3.63) is 65.7 Å². The Kier molecular flexibility index (Phi) is 5.67. The van der Waals surface area contributed by atoms with Gasteiger partial charge in [0.25, 0.3) is 5.91 Å². The smallest absolute Gasteiger partial charge is 0.306 e. The van der Waals surface area contributed by atoms with E-state index >= 15 is 0 Å². The maximum Gasteiger partial charge on any atom is 0.306 e. The molecule has 188 valence electrons.